The van der Waals surface area contributed by atoms with E-state index in [4.69, 9.17) is 11.6 Å². The number of hydrogen-bond acceptors (Lipinski definition) is 1. The van der Waals surface area contributed by atoms with Crippen molar-refractivity contribution in [1.82, 2.24) is 15.6 Å². The van der Waals surface area contributed by atoms with Crippen LogP contribution in [-0.2, 0) is 6.42 Å². The number of fused-ring (bicyclic) bond motifs is 1. The molecule has 2 aromatic carbocycles. The van der Waals surface area contributed by atoms with Gasteiger partial charge in [0.25, 0.3) is 0 Å². The van der Waals surface area contributed by atoms with Gasteiger partial charge in [-0.05, 0) is 41.8 Å². The average molecular weight is 340 g/mol. The maximum atomic E-state index is 11.8. The fourth-order valence-electron chi connectivity index (χ4n) is 2.49. The number of aromatic nitrogens is 1. The number of nitrogens with one attached hydrogen (secondary N) is 3. The number of para-hydroxylation sites is 1. The summed E-state index contributed by atoms with van der Waals surface area (Å²) >= 11 is 5.83. The van der Waals surface area contributed by atoms with Gasteiger partial charge in [-0.25, -0.2) is 4.79 Å². The van der Waals surface area contributed by atoms with Gasteiger partial charge in [-0.15, -0.1) is 0 Å². The minimum atomic E-state index is -0.222. The van der Waals surface area contributed by atoms with Crippen LogP contribution in [0.4, 0.5) is 4.79 Å². The molecule has 0 fully saturated rings. The number of aromatic amines is 1. The van der Waals surface area contributed by atoms with E-state index in [1.165, 1.54) is 10.9 Å². The fourth-order valence-corrected chi connectivity index (χ4v) is 2.61. The zero-order valence-electron chi connectivity index (χ0n) is 13.1. The highest BCUT2D eigenvalue weighted by atomic mass is 35.5. The molecule has 0 saturated heterocycles. The summed E-state index contributed by atoms with van der Waals surface area (Å²) in [5, 5.41) is 7.42. The van der Waals surface area contributed by atoms with Crippen molar-refractivity contribution < 1.29 is 4.79 Å². The Morgan fingerprint density at radius 1 is 1.12 bits per heavy atom. The summed E-state index contributed by atoms with van der Waals surface area (Å²) in [5.74, 6) is 0. The molecular formula is C19H18ClN3O. The number of rotatable bonds is 5. The predicted molar refractivity (Wildman–Crippen MR) is 99.0 cm³/mol. The third-order valence-corrected chi connectivity index (χ3v) is 3.97. The second-order valence-electron chi connectivity index (χ2n) is 5.39. The molecule has 0 unspecified atom stereocenters. The molecule has 4 nitrogen and oxygen atoms in total. The van der Waals surface area contributed by atoms with E-state index in [1.807, 2.05) is 54.7 Å². The predicted octanol–water partition coefficient (Wildman–Crippen LogP) is 4.33. The summed E-state index contributed by atoms with van der Waals surface area (Å²) in [5.41, 5.74) is 3.28. The van der Waals surface area contributed by atoms with Gasteiger partial charge in [0.2, 0.25) is 0 Å². The molecule has 3 rings (SSSR count). The molecule has 122 valence electrons. The Balaban J connectivity index is 1.45. The molecule has 5 heteroatoms. The van der Waals surface area contributed by atoms with Gasteiger partial charge < -0.3 is 15.6 Å². The first-order valence-electron chi connectivity index (χ1n) is 7.74. The highest BCUT2D eigenvalue weighted by molar-refractivity contribution is 6.30. The lowest BCUT2D eigenvalue weighted by Gasteiger charge is -2.04. The first-order valence-corrected chi connectivity index (χ1v) is 8.11. The van der Waals surface area contributed by atoms with Gasteiger partial charge in [-0.1, -0.05) is 41.9 Å². The molecule has 0 aliphatic carbocycles. The molecule has 2 amide bonds. The molecule has 0 radical (unpaired) electrons. The van der Waals surface area contributed by atoms with Crippen LogP contribution < -0.4 is 10.6 Å². The molecule has 1 heterocycles. The van der Waals surface area contributed by atoms with Gasteiger partial charge in [0.15, 0.2) is 0 Å². The lowest BCUT2D eigenvalue weighted by atomic mass is 10.1. The smallest absolute Gasteiger partial charge is 0.318 e. The minimum Gasteiger partial charge on any atom is -0.361 e. The number of hydrogen-bond donors (Lipinski definition) is 3. The van der Waals surface area contributed by atoms with Crippen LogP contribution in [0.1, 0.15) is 11.1 Å². The van der Waals surface area contributed by atoms with Crippen LogP contribution in [0.25, 0.3) is 17.0 Å². The van der Waals surface area contributed by atoms with Crippen molar-refractivity contribution in [1.29, 1.82) is 0 Å². The minimum absolute atomic E-state index is 0.222. The molecule has 24 heavy (non-hydrogen) atoms. The zero-order valence-corrected chi connectivity index (χ0v) is 13.8. The summed E-state index contributed by atoms with van der Waals surface area (Å²) in [7, 11) is 0. The highest BCUT2D eigenvalue weighted by Crippen LogP contribution is 2.17. The molecular weight excluding hydrogens is 322 g/mol. The Morgan fingerprint density at radius 2 is 1.92 bits per heavy atom. The van der Waals surface area contributed by atoms with Gasteiger partial charge in [-0.3, -0.25) is 0 Å². The lowest BCUT2D eigenvalue weighted by molar-refractivity contribution is 0.244. The molecule has 1 aromatic heterocycles. The summed E-state index contributed by atoms with van der Waals surface area (Å²) in [6, 6.07) is 15.3. The Kier molecular flexibility index (Phi) is 5.18. The number of urea groups is 1. The summed E-state index contributed by atoms with van der Waals surface area (Å²) in [6.07, 6.45) is 6.20. The summed E-state index contributed by atoms with van der Waals surface area (Å²) in [4.78, 5) is 15.0. The van der Waals surface area contributed by atoms with Crippen molar-refractivity contribution in [2.45, 2.75) is 6.42 Å². The second kappa shape index (κ2) is 7.70. The number of H-pyrrole nitrogens is 1. The average Bonchev–Trinajstić information content (AvgIpc) is 3.00. The molecule has 3 aromatic rings. The maximum absolute atomic E-state index is 11.8. The van der Waals surface area contributed by atoms with E-state index < -0.39 is 0 Å². The largest absolute Gasteiger partial charge is 0.361 e. The number of carbonyl (C=O) groups excluding carboxylic acids is 1. The van der Waals surface area contributed by atoms with Crippen molar-refractivity contribution in [3.63, 3.8) is 0 Å². The van der Waals surface area contributed by atoms with E-state index in [0.717, 1.165) is 17.5 Å². The summed E-state index contributed by atoms with van der Waals surface area (Å²) in [6.45, 7) is 0.572. The highest BCUT2D eigenvalue weighted by Gasteiger charge is 2.03. The van der Waals surface area contributed by atoms with Crippen LogP contribution in [-0.4, -0.2) is 17.6 Å². The molecule has 3 N–H and O–H groups in total. The Morgan fingerprint density at radius 3 is 2.75 bits per heavy atom. The molecule has 0 aliphatic heterocycles. The van der Waals surface area contributed by atoms with Crippen LogP contribution in [0.5, 0.6) is 0 Å². The second-order valence-corrected chi connectivity index (χ2v) is 5.83. The number of benzene rings is 2. The normalized spacial score (nSPS) is 11.0. The van der Waals surface area contributed by atoms with E-state index >= 15 is 0 Å². The number of carbonyl (C=O) groups is 1. The molecule has 0 atom stereocenters. The molecule has 0 aliphatic rings. The van der Waals surface area contributed by atoms with Gasteiger partial charge in [-0.2, -0.15) is 0 Å². The van der Waals surface area contributed by atoms with E-state index in [0.29, 0.717) is 11.6 Å². The van der Waals surface area contributed by atoms with Gasteiger partial charge in [0.05, 0.1) is 0 Å². The zero-order chi connectivity index (χ0) is 16.8. The van der Waals surface area contributed by atoms with Crippen LogP contribution in [0.15, 0.2) is 60.9 Å². The Hall–Kier alpha value is -2.72. The monoisotopic (exact) mass is 339 g/mol. The van der Waals surface area contributed by atoms with Crippen LogP contribution in [0.2, 0.25) is 5.02 Å². The Bertz CT molecular complexity index is 852. The van der Waals surface area contributed by atoms with E-state index in [1.54, 1.807) is 6.20 Å². The quantitative estimate of drug-likeness (QED) is 0.636. The third-order valence-electron chi connectivity index (χ3n) is 3.72. The van der Waals surface area contributed by atoms with Gasteiger partial charge in [0, 0.05) is 34.9 Å². The van der Waals surface area contributed by atoms with E-state index in [-0.39, 0.29) is 6.03 Å². The van der Waals surface area contributed by atoms with Crippen LogP contribution >= 0.6 is 11.6 Å². The third kappa shape index (κ3) is 4.18. The van der Waals surface area contributed by atoms with Crippen molar-refractivity contribution in [3.05, 3.63) is 77.1 Å². The van der Waals surface area contributed by atoms with Crippen LogP contribution in [0.3, 0.4) is 0 Å². The summed E-state index contributed by atoms with van der Waals surface area (Å²) < 4.78 is 0. The first kappa shape index (κ1) is 16.1. The van der Waals surface area contributed by atoms with Crippen molar-refractivity contribution in [2.24, 2.45) is 0 Å². The van der Waals surface area contributed by atoms with E-state index in [9.17, 15) is 4.79 Å². The fraction of sp³-hybridized carbons (Fsp3) is 0.105. The molecule has 0 bridgehead atoms. The maximum Gasteiger partial charge on any atom is 0.318 e. The van der Waals surface area contributed by atoms with E-state index in [2.05, 4.69) is 21.7 Å². The van der Waals surface area contributed by atoms with Crippen LogP contribution in [0, 0.1) is 0 Å². The van der Waals surface area contributed by atoms with Crippen molar-refractivity contribution in [3.8, 4) is 0 Å². The molecule has 0 saturated carbocycles. The van der Waals surface area contributed by atoms with Gasteiger partial charge >= 0.3 is 6.03 Å². The number of amides is 2. The molecule has 0 spiro atoms. The lowest BCUT2D eigenvalue weighted by Crippen LogP contribution is -2.33. The van der Waals surface area contributed by atoms with Gasteiger partial charge in [0.1, 0.15) is 0 Å². The van der Waals surface area contributed by atoms with Crippen molar-refractivity contribution >= 4 is 34.6 Å². The van der Waals surface area contributed by atoms with Crippen molar-refractivity contribution in [2.75, 3.05) is 6.54 Å². The SMILES string of the molecule is O=C(N/C=C/c1ccc(Cl)cc1)NCCc1c[nH]c2ccccc12. The first-order chi connectivity index (χ1) is 11.7. The number of halogens is 1. The Labute approximate surface area is 145 Å². The topological polar surface area (TPSA) is 56.9 Å². The standard InChI is InChI=1S/C19H18ClN3O/c20-16-7-5-14(6-8-16)9-11-21-19(24)22-12-10-15-13-23-18-4-2-1-3-17(15)18/h1-9,11,13,23H,10,12H2,(H2,21,22,24)/b11-9+.